The molecule has 31 heavy (non-hydrogen) atoms. The Bertz CT molecular complexity index is 984. The van der Waals surface area contributed by atoms with Crippen molar-refractivity contribution in [3.63, 3.8) is 0 Å². The molecule has 2 unspecified atom stereocenters. The summed E-state index contributed by atoms with van der Waals surface area (Å²) >= 11 is 6.43. The number of carbonyl (C=O) groups excluding carboxylic acids is 1. The summed E-state index contributed by atoms with van der Waals surface area (Å²) in [5, 5.41) is 3.89. The van der Waals surface area contributed by atoms with Crippen LogP contribution in [0.3, 0.4) is 0 Å². The van der Waals surface area contributed by atoms with Gasteiger partial charge in [0.1, 0.15) is 0 Å². The average molecular weight is 441 g/mol. The minimum Gasteiger partial charge on any atom is -0.349 e. The van der Waals surface area contributed by atoms with Crippen LogP contribution < -0.4 is 5.32 Å². The Morgan fingerprint density at radius 2 is 1.84 bits per heavy atom. The van der Waals surface area contributed by atoms with Crippen molar-refractivity contribution in [3.05, 3.63) is 69.7 Å². The molecule has 1 fully saturated rings. The Hall–Kier alpha value is -1.92. The zero-order valence-corrected chi connectivity index (χ0v) is 18.8. The molecular weight excluding hydrogens is 412 g/mol. The van der Waals surface area contributed by atoms with Crippen molar-refractivity contribution in [1.29, 1.82) is 0 Å². The van der Waals surface area contributed by atoms with E-state index < -0.39 is 6.29 Å². The molecule has 0 radical (unpaired) electrons. The van der Waals surface area contributed by atoms with Crippen molar-refractivity contribution in [2.45, 2.75) is 42.9 Å². The normalized spacial score (nSPS) is 25.0. The van der Waals surface area contributed by atoms with Crippen LogP contribution in [0.2, 0.25) is 5.02 Å². The molecule has 1 heterocycles. The Morgan fingerprint density at radius 1 is 1.13 bits per heavy atom. The topological polar surface area (TPSA) is 50.8 Å². The number of fused-ring (bicyclic) bond motifs is 8. The largest absolute Gasteiger partial charge is 0.349 e. The first-order chi connectivity index (χ1) is 15.1. The molecule has 1 aliphatic heterocycles. The van der Waals surface area contributed by atoms with E-state index in [1.807, 2.05) is 6.07 Å². The van der Waals surface area contributed by atoms with Gasteiger partial charge in [-0.1, -0.05) is 41.9 Å². The van der Waals surface area contributed by atoms with E-state index in [0.29, 0.717) is 5.92 Å². The van der Waals surface area contributed by atoms with Crippen LogP contribution >= 0.6 is 11.6 Å². The minimum absolute atomic E-state index is 0.00871. The number of nitrogens with zero attached hydrogens (tertiary/aromatic N) is 1. The zero-order chi connectivity index (χ0) is 21.6. The van der Waals surface area contributed by atoms with Crippen molar-refractivity contribution in [3.8, 4) is 0 Å². The fraction of sp³-hybridized carbons (Fsp3) is 0.480. The highest BCUT2D eigenvalue weighted by Crippen LogP contribution is 2.60. The predicted octanol–water partition coefficient (Wildman–Crippen LogP) is 3.67. The lowest BCUT2D eigenvalue weighted by molar-refractivity contribution is -0.160. The highest BCUT2D eigenvalue weighted by atomic mass is 35.5. The fourth-order valence-electron chi connectivity index (χ4n) is 6.02. The summed E-state index contributed by atoms with van der Waals surface area (Å²) in [4.78, 5) is 14.8. The quantitative estimate of drug-likeness (QED) is 0.696. The van der Waals surface area contributed by atoms with E-state index in [2.05, 4.69) is 46.6 Å². The summed E-state index contributed by atoms with van der Waals surface area (Å²) in [5.41, 5.74) is 5.80. The molecule has 1 amide bonds. The monoisotopic (exact) mass is 440 g/mol. The number of carbonyl (C=O) groups is 1. The first-order valence-electron chi connectivity index (χ1n) is 11.0. The first kappa shape index (κ1) is 21.0. The van der Waals surface area contributed by atoms with Crippen molar-refractivity contribution < 1.29 is 14.3 Å². The maximum Gasteiger partial charge on any atom is 0.277 e. The number of halogens is 1. The molecule has 0 aromatic heterocycles. The number of piperidine rings is 1. The Morgan fingerprint density at radius 3 is 2.58 bits per heavy atom. The van der Waals surface area contributed by atoms with E-state index in [4.69, 9.17) is 21.1 Å². The van der Waals surface area contributed by atoms with Crippen LogP contribution in [0.1, 0.15) is 47.4 Å². The number of likely N-dealkylation sites (tertiary alicyclic amines) is 1. The van der Waals surface area contributed by atoms with Crippen LogP contribution in [0.5, 0.6) is 0 Å². The van der Waals surface area contributed by atoms with Gasteiger partial charge in [0.2, 0.25) is 6.29 Å². The zero-order valence-electron chi connectivity index (χ0n) is 18.1. The molecule has 0 saturated carbocycles. The summed E-state index contributed by atoms with van der Waals surface area (Å²) in [6.45, 7) is 2.91. The molecule has 3 aliphatic rings. The van der Waals surface area contributed by atoms with Crippen molar-refractivity contribution in [1.82, 2.24) is 10.2 Å². The molecule has 1 saturated heterocycles. The van der Waals surface area contributed by atoms with Crippen molar-refractivity contribution in [2.24, 2.45) is 0 Å². The van der Waals surface area contributed by atoms with Crippen molar-refractivity contribution >= 4 is 17.5 Å². The Kier molecular flexibility index (Phi) is 5.55. The number of amides is 1. The van der Waals surface area contributed by atoms with Gasteiger partial charge in [0.05, 0.1) is 0 Å². The maximum absolute atomic E-state index is 12.3. The molecule has 2 atom stereocenters. The van der Waals surface area contributed by atoms with Gasteiger partial charge in [0.25, 0.3) is 5.91 Å². The van der Waals surface area contributed by atoms with Gasteiger partial charge in [-0.15, -0.1) is 0 Å². The number of hydrogen-bond acceptors (Lipinski definition) is 4. The Balaban J connectivity index is 1.33. The average Bonchev–Trinajstić information content (AvgIpc) is 3.27. The second kappa shape index (κ2) is 8.21. The lowest BCUT2D eigenvalue weighted by Gasteiger charge is -2.40. The molecule has 0 spiro atoms. The Labute approximate surface area is 188 Å². The molecule has 164 valence electrons. The van der Waals surface area contributed by atoms with Crippen LogP contribution in [0.15, 0.2) is 42.5 Å². The van der Waals surface area contributed by atoms with Gasteiger partial charge in [-0.2, -0.15) is 0 Å². The van der Waals surface area contributed by atoms with Crippen LogP contribution in [0, 0.1) is 0 Å². The first-order valence-corrected chi connectivity index (χ1v) is 11.4. The van der Waals surface area contributed by atoms with Gasteiger partial charge in [-0.3, -0.25) is 4.79 Å². The number of nitrogens with one attached hydrogen (secondary N) is 1. The number of rotatable bonds is 6. The summed E-state index contributed by atoms with van der Waals surface area (Å²) in [5.74, 6) is 0.272. The molecule has 2 aromatic carbocycles. The summed E-state index contributed by atoms with van der Waals surface area (Å²) < 4.78 is 10.1. The molecule has 6 heteroatoms. The summed E-state index contributed by atoms with van der Waals surface area (Å²) in [7, 11) is 2.96. The smallest absolute Gasteiger partial charge is 0.277 e. The number of benzene rings is 2. The van der Waals surface area contributed by atoms with Crippen molar-refractivity contribution in [2.75, 3.05) is 33.9 Å². The second-order valence-electron chi connectivity index (χ2n) is 9.02. The van der Waals surface area contributed by atoms with Gasteiger partial charge in [-0.05, 0) is 53.6 Å². The fourth-order valence-corrected chi connectivity index (χ4v) is 6.19. The highest BCUT2D eigenvalue weighted by molar-refractivity contribution is 6.30. The number of methoxy groups -OCH3 is 2. The van der Waals surface area contributed by atoms with E-state index in [9.17, 15) is 4.79 Å². The predicted molar refractivity (Wildman–Crippen MR) is 121 cm³/mol. The third-order valence-corrected chi connectivity index (χ3v) is 7.62. The second-order valence-corrected chi connectivity index (χ2v) is 9.46. The third kappa shape index (κ3) is 3.48. The van der Waals surface area contributed by atoms with Gasteiger partial charge >= 0.3 is 0 Å². The summed E-state index contributed by atoms with van der Waals surface area (Å²) in [6.07, 6.45) is 2.14. The lowest BCUT2D eigenvalue weighted by atomic mass is 9.74. The SMILES string of the molecule is COC(OC)C(=O)NC1CCN(CC23CC(c4ccccc42)c2ccc(Cl)cc23)CC1. The van der Waals surface area contributed by atoms with Crippen LogP contribution in [0.25, 0.3) is 0 Å². The van der Waals surface area contributed by atoms with Crippen LogP contribution in [0.4, 0.5) is 0 Å². The molecular formula is C25H29ClN2O3. The maximum atomic E-state index is 12.3. The lowest BCUT2D eigenvalue weighted by Crippen LogP contribution is -2.50. The van der Waals surface area contributed by atoms with E-state index in [1.54, 1.807) is 0 Å². The molecule has 1 N–H and O–H groups in total. The number of hydrogen-bond donors (Lipinski definition) is 1. The molecule has 5 rings (SSSR count). The van der Waals surface area contributed by atoms with Crippen LogP contribution in [-0.4, -0.2) is 57.0 Å². The van der Waals surface area contributed by atoms with Gasteiger partial charge in [0.15, 0.2) is 0 Å². The molecule has 2 aliphatic carbocycles. The van der Waals surface area contributed by atoms with Crippen LogP contribution in [-0.2, 0) is 19.7 Å². The van der Waals surface area contributed by atoms with E-state index in [-0.39, 0.29) is 17.4 Å². The molecule has 2 aromatic rings. The molecule has 5 nitrogen and oxygen atoms in total. The standard InChI is InChI=1S/C25H29ClN2O3/c1-30-24(31-2)23(29)27-17-9-11-28(12-10-17)15-25-14-20(18-5-3-4-6-21(18)25)19-8-7-16(26)13-22(19)25/h3-8,13,17,20,24H,9-12,14-15H2,1-2H3,(H,27,29). The van der Waals surface area contributed by atoms with E-state index in [1.165, 1.54) is 36.5 Å². The van der Waals surface area contributed by atoms with Gasteiger partial charge < -0.3 is 19.7 Å². The van der Waals surface area contributed by atoms with Gasteiger partial charge in [-0.25, -0.2) is 0 Å². The highest BCUT2D eigenvalue weighted by Gasteiger charge is 2.53. The third-order valence-electron chi connectivity index (χ3n) is 7.38. The van der Waals surface area contributed by atoms with Gasteiger partial charge in [0, 0.05) is 56.3 Å². The van der Waals surface area contributed by atoms with E-state index >= 15 is 0 Å². The summed E-state index contributed by atoms with van der Waals surface area (Å²) in [6, 6.07) is 15.5. The van der Waals surface area contributed by atoms with E-state index in [0.717, 1.165) is 43.9 Å². The number of ether oxygens (including phenoxy) is 2. The minimum atomic E-state index is -0.844. The molecule has 2 bridgehead atoms.